The van der Waals surface area contributed by atoms with Crippen molar-refractivity contribution in [3.63, 3.8) is 0 Å². The van der Waals surface area contributed by atoms with Crippen molar-refractivity contribution in [1.29, 1.82) is 0 Å². The minimum atomic E-state index is -0.469. The van der Waals surface area contributed by atoms with Gasteiger partial charge in [-0.25, -0.2) is 4.98 Å². The number of ether oxygens (including phenoxy) is 2. The fraction of sp³-hybridized carbons (Fsp3) is 0.308. The lowest BCUT2D eigenvalue weighted by molar-refractivity contribution is -0.145. The Labute approximate surface area is 181 Å². The number of carbonyl (C=O) groups excluding carboxylic acids is 1. The van der Waals surface area contributed by atoms with Gasteiger partial charge in [-0.1, -0.05) is 24.3 Å². The van der Waals surface area contributed by atoms with Crippen LogP contribution in [0.15, 0.2) is 54.6 Å². The highest BCUT2D eigenvalue weighted by atomic mass is 19.1. The van der Waals surface area contributed by atoms with Gasteiger partial charge < -0.3 is 9.47 Å². The topological polar surface area (TPSA) is 48.4 Å². The normalized spacial score (nSPS) is 20.7. The van der Waals surface area contributed by atoms with Gasteiger partial charge in [0.15, 0.2) is 0 Å². The highest BCUT2D eigenvalue weighted by Crippen LogP contribution is 2.62. The molecular weight excluding hydrogens is 393 g/mol. The van der Waals surface area contributed by atoms with Gasteiger partial charge in [0.2, 0.25) is 5.95 Å². The lowest BCUT2D eigenvalue weighted by Crippen LogP contribution is -2.11. The van der Waals surface area contributed by atoms with Crippen molar-refractivity contribution in [2.24, 2.45) is 11.8 Å². The molecule has 1 saturated carbocycles. The number of aromatic nitrogens is 1. The quantitative estimate of drug-likeness (QED) is 0.407. The number of rotatable bonds is 6. The van der Waals surface area contributed by atoms with Crippen LogP contribution in [0.1, 0.15) is 35.2 Å². The fourth-order valence-corrected chi connectivity index (χ4v) is 4.87. The Morgan fingerprint density at radius 3 is 2.84 bits per heavy atom. The van der Waals surface area contributed by atoms with E-state index in [4.69, 9.17) is 9.47 Å². The molecule has 1 fully saturated rings. The molecule has 0 radical (unpaired) electrons. The van der Waals surface area contributed by atoms with Gasteiger partial charge in [-0.05, 0) is 78.8 Å². The highest BCUT2D eigenvalue weighted by Gasteiger charge is 2.60. The number of hydrogen-bond acceptors (Lipinski definition) is 4. The number of hydrogen-bond donors (Lipinski definition) is 0. The van der Waals surface area contributed by atoms with E-state index in [1.807, 2.05) is 38.1 Å². The molecule has 1 heterocycles. The first kappa shape index (κ1) is 19.7. The lowest BCUT2D eigenvalue weighted by Gasteiger charge is -2.12. The molecule has 2 aliphatic carbocycles. The van der Waals surface area contributed by atoms with Gasteiger partial charge in [0, 0.05) is 17.2 Å². The van der Waals surface area contributed by atoms with E-state index in [1.54, 1.807) is 6.07 Å². The Hall–Kier alpha value is -3.21. The van der Waals surface area contributed by atoms with Gasteiger partial charge in [-0.3, -0.25) is 4.79 Å². The van der Waals surface area contributed by atoms with Crippen LogP contribution in [0, 0.1) is 24.7 Å². The maximum atomic E-state index is 13.3. The number of fused-ring (bicyclic) bond motifs is 3. The number of nitrogens with zero attached hydrogens (tertiary/aromatic N) is 1. The van der Waals surface area contributed by atoms with Crippen LogP contribution in [-0.4, -0.2) is 17.6 Å². The van der Waals surface area contributed by atoms with Crippen LogP contribution < -0.4 is 4.74 Å². The Morgan fingerprint density at radius 1 is 1.16 bits per heavy atom. The first-order chi connectivity index (χ1) is 15.0. The standard InChI is InChI=1S/C26H24FNO3/c1-3-30-26(29)25-22-13-18-12-19(7-8-21(18)24(22)25)31-14-16-5-4-6-17(11-16)20-9-10-23(27)28-15(20)2/h4-12,22,24-25H,3,13-14H2,1-2H3/t22-,24+,25+/m1/s1. The van der Waals surface area contributed by atoms with Gasteiger partial charge in [0.1, 0.15) is 12.4 Å². The third-order valence-corrected chi connectivity index (χ3v) is 6.35. The zero-order chi connectivity index (χ0) is 21.5. The summed E-state index contributed by atoms with van der Waals surface area (Å²) in [6, 6.07) is 17.4. The van der Waals surface area contributed by atoms with E-state index in [-0.39, 0.29) is 11.9 Å². The molecule has 3 aromatic rings. The summed E-state index contributed by atoms with van der Waals surface area (Å²) in [7, 11) is 0. The van der Waals surface area contributed by atoms with Crippen LogP contribution in [-0.2, 0) is 22.6 Å². The second-order valence-electron chi connectivity index (χ2n) is 8.29. The van der Waals surface area contributed by atoms with E-state index in [1.165, 1.54) is 17.2 Å². The number of benzene rings is 2. The number of carbonyl (C=O) groups is 1. The third-order valence-electron chi connectivity index (χ3n) is 6.35. The predicted octanol–water partition coefficient (Wildman–Crippen LogP) is 5.22. The lowest BCUT2D eigenvalue weighted by atomic mass is 10.0. The zero-order valence-electron chi connectivity index (χ0n) is 17.6. The summed E-state index contributed by atoms with van der Waals surface area (Å²) in [6.07, 6.45) is 0.910. The molecule has 0 unspecified atom stereocenters. The van der Waals surface area contributed by atoms with Crippen molar-refractivity contribution in [2.75, 3.05) is 6.61 Å². The molecule has 5 heteroatoms. The molecule has 0 N–H and O–H groups in total. The molecule has 158 valence electrons. The van der Waals surface area contributed by atoms with Gasteiger partial charge in [-0.2, -0.15) is 4.39 Å². The summed E-state index contributed by atoms with van der Waals surface area (Å²) in [4.78, 5) is 16.0. The van der Waals surface area contributed by atoms with Gasteiger partial charge in [0.25, 0.3) is 0 Å². The molecule has 4 nitrogen and oxygen atoms in total. The van der Waals surface area contributed by atoms with Crippen molar-refractivity contribution in [3.8, 4) is 16.9 Å². The summed E-state index contributed by atoms with van der Waals surface area (Å²) < 4.78 is 24.6. The highest BCUT2D eigenvalue weighted by molar-refractivity contribution is 5.79. The van der Waals surface area contributed by atoms with Crippen molar-refractivity contribution >= 4 is 5.97 Å². The van der Waals surface area contributed by atoms with E-state index >= 15 is 0 Å². The number of pyridine rings is 1. The Morgan fingerprint density at radius 2 is 2.03 bits per heavy atom. The summed E-state index contributed by atoms with van der Waals surface area (Å²) >= 11 is 0. The van der Waals surface area contributed by atoms with Gasteiger partial charge >= 0.3 is 5.97 Å². The van der Waals surface area contributed by atoms with Crippen LogP contribution in [0.25, 0.3) is 11.1 Å². The molecule has 0 spiro atoms. The van der Waals surface area contributed by atoms with Crippen LogP contribution in [0.2, 0.25) is 0 Å². The second-order valence-corrected chi connectivity index (χ2v) is 8.29. The van der Waals surface area contributed by atoms with Crippen LogP contribution in [0.5, 0.6) is 5.75 Å². The van der Waals surface area contributed by atoms with Crippen molar-refractivity contribution in [2.45, 2.75) is 32.8 Å². The van der Waals surface area contributed by atoms with Crippen LogP contribution in [0.4, 0.5) is 4.39 Å². The number of halogens is 1. The summed E-state index contributed by atoms with van der Waals surface area (Å²) in [5, 5.41) is 0. The van der Waals surface area contributed by atoms with Crippen LogP contribution in [0.3, 0.4) is 0 Å². The minimum absolute atomic E-state index is 0.0337. The fourth-order valence-electron chi connectivity index (χ4n) is 4.87. The molecule has 2 aromatic carbocycles. The maximum absolute atomic E-state index is 13.3. The predicted molar refractivity (Wildman–Crippen MR) is 115 cm³/mol. The monoisotopic (exact) mass is 417 g/mol. The molecule has 0 amide bonds. The number of esters is 1. The molecule has 1 aromatic heterocycles. The zero-order valence-corrected chi connectivity index (χ0v) is 17.6. The molecule has 31 heavy (non-hydrogen) atoms. The molecular formula is C26H24FNO3. The molecule has 0 saturated heterocycles. The molecule has 5 rings (SSSR count). The van der Waals surface area contributed by atoms with E-state index in [9.17, 15) is 9.18 Å². The third kappa shape index (κ3) is 3.69. The second kappa shape index (κ2) is 7.80. The average Bonchev–Trinajstić information content (AvgIpc) is 3.34. The van der Waals surface area contributed by atoms with Gasteiger partial charge in [-0.15, -0.1) is 0 Å². The SMILES string of the molecule is CCOC(=O)[C@H]1[C@@H]2Cc3cc(OCc4cccc(-c5ccc(F)nc5C)c4)ccc3[C@@H]21. The smallest absolute Gasteiger partial charge is 0.309 e. The molecule has 0 bridgehead atoms. The summed E-state index contributed by atoms with van der Waals surface area (Å²) in [6.45, 7) is 4.54. The summed E-state index contributed by atoms with van der Waals surface area (Å²) in [5.41, 5.74) is 6.14. The maximum Gasteiger partial charge on any atom is 0.309 e. The number of aryl methyl sites for hydroxylation is 1. The Bertz CT molecular complexity index is 1160. The van der Waals surface area contributed by atoms with Gasteiger partial charge in [0.05, 0.1) is 12.5 Å². The molecule has 0 aliphatic heterocycles. The first-order valence-electron chi connectivity index (χ1n) is 10.7. The first-order valence-corrected chi connectivity index (χ1v) is 10.7. The summed E-state index contributed by atoms with van der Waals surface area (Å²) in [5.74, 6) is 1.03. The van der Waals surface area contributed by atoms with E-state index < -0.39 is 5.95 Å². The van der Waals surface area contributed by atoms with Crippen LogP contribution >= 0.6 is 0 Å². The Balaban J connectivity index is 1.26. The van der Waals surface area contributed by atoms with Crippen molar-refractivity contribution in [3.05, 3.63) is 82.9 Å². The van der Waals surface area contributed by atoms with E-state index in [0.717, 1.165) is 28.9 Å². The van der Waals surface area contributed by atoms with E-state index in [0.29, 0.717) is 30.7 Å². The molecule has 2 aliphatic rings. The average molecular weight is 417 g/mol. The minimum Gasteiger partial charge on any atom is -0.489 e. The van der Waals surface area contributed by atoms with Crippen molar-refractivity contribution < 1.29 is 18.7 Å². The molecule has 3 atom stereocenters. The van der Waals surface area contributed by atoms with E-state index in [2.05, 4.69) is 23.2 Å². The Kier molecular flexibility index (Phi) is 4.97. The largest absolute Gasteiger partial charge is 0.489 e. The van der Waals surface area contributed by atoms with Crippen molar-refractivity contribution in [1.82, 2.24) is 4.98 Å².